The monoisotopic (exact) mass is 421 g/mol. The summed E-state index contributed by atoms with van der Waals surface area (Å²) in [4.78, 5) is 29.7. The largest absolute Gasteiger partial charge is 0.373 e. The Hall–Kier alpha value is -1.90. The summed E-state index contributed by atoms with van der Waals surface area (Å²) in [5.74, 6) is -0.342. The van der Waals surface area contributed by atoms with Gasteiger partial charge in [0.2, 0.25) is 11.8 Å². The number of nitrogens with one attached hydrogen (secondary N) is 3. The zero-order valence-corrected chi connectivity index (χ0v) is 17.0. The SMILES string of the molecule is CN(C(=O)C1NNC2CCN(C(=O)C3Cc4cc(F)c(Cl)cc4N3)CC21)C1CC1. The first-order valence-electron chi connectivity index (χ1n) is 10.2. The Morgan fingerprint density at radius 2 is 2.03 bits per heavy atom. The molecule has 2 saturated heterocycles. The molecule has 1 aromatic rings. The molecule has 29 heavy (non-hydrogen) atoms. The first-order chi connectivity index (χ1) is 13.9. The fraction of sp³-hybridized carbons (Fsp3) is 0.600. The molecule has 156 valence electrons. The van der Waals surface area contributed by atoms with Gasteiger partial charge in [-0.15, -0.1) is 0 Å². The van der Waals surface area contributed by atoms with Crippen LogP contribution in [0.4, 0.5) is 10.1 Å². The molecule has 1 saturated carbocycles. The zero-order valence-electron chi connectivity index (χ0n) is 16.3. The summed E-state index contributed by atoms with van der Waals surface area (Å²) in [5.41, 5.74) is 7.90. The van der Waals surface area contributed by atoms with E-state index in [0.29, 0.717) is 31.2 Å². The van der Waals surface area contributed by atoms with Gasteiger partial charge in [-0.3, -0.25) is 15.0 Å². The highest BCUT2D eigenvalue weighted by Crippen LogP contribution is 2.33. The number of likely N-dealkylation sites (N-methyl/N-ethyl adjacent to an activating group) is 1. The number of piperidine rings is 1. The summed E-state index contributed by atoms with van der Waals surface area (Å²) in [6.07, 6.45) is 3.37. The van der Waals surface area contributed by atoms with Crippen LogP contribution in [0.3, 0.4) is 0 Å². The van der Waals surface area contributed by atoms with Crippen molar-refractivity contribution in [1.29, 1.82) is 0 Å². The Balaban J connectivity index is 1.26. The summed E-state index contributed by atoms with van der Waals surface area (Å²) in [6, 6.07) is 2.74. The highest BCUT2D eigenvalue weighted by atomic mass is 35.5. The Labute approximate surface area is 173 Å². The molecule has 4 aliphatic rings. The topological polar surface area (TPSA) is 76.7 Å². The van der Waals surface area contributed by atoms with E-state index in [-0.39, 0.29) is 34.8 Å². The number of anilines is 1. The second-order valence-electron chi connectivity index (χ2n) is 8.61. The van der Waals surface area contributed by atoms with Crippen LogP contribution in [0.25, 0.3) is 0 Å². The van der Waals surface area contributed by atoms with Crippen molar-refractivity contribution in [2.45, 2.75) is 49.9 Å². The molecule has 2 amide bonds. The number of hydrogen-bond donors (Lipinski definition) is 3. The maximum absolute atomic E-state index is 13.7. The van der Waals surface area contributed by atoms with Crippen LogP contribution in [0, 0.1) is 11.7 Å². The quantitative estimate of drug-likeness (QED) is 0.682. The van der Waals surface area contributed by atoms with E-state index in [0.717, 1.165) is 24.8 Å². The molecule has 4 atom stereocenters. The number of likely N-dealkylation sites (tertiary alicyclic amines) is 1. The van der Waals surface area contributed by atoms with Crippen LogP contribution in [0.2, 0.25) is 5.02 Å². The molecule has 9 heteroatoms. The molecule has 3 fully saturated rings. The Morgan fingerprint density at radius 3 is 2.79 bits per heavy atom. The molecule has 0 aromatic heterocycles. The van der Waals surface area contributed by atoms with Crippen molar-refractivity contribution >= 4 is 29.1 Å². The van der Waals surface area contributed by atoms with Crippen LogP contribution >= 0.6 is 11.6 Å². The number of fused-ring (bicyclic) bond motifs is 2. The molecule has 4 unspecified atom stereocenters. The molecule has 0 bridgehead atoms. The predicted molar refractivity (Wildman–Crippen MR) is 107 cm³/mol. The number of halogens is 2. The molecule has 5 rings (SSSR count). The Morgan fingerprint density at radius 1 is 1.24 bits per heavy atom. The maximum Gasteiger partial charge on any atom is 0.245 e. The summed E-state index contributed by atoms with van der Waals surface area (Å²) < 4.78 is 13.7. The molecule has 0 radical (unpaired) electrons. The van der Waals surface area contributed by atoms with Crippen LogP contribution < -0.4 is 16.2 Å². The minimum absolute atomic E-state index is 0.00942. The average Bonchev–Trinajstić information content (AvgIpc) is 3.36. The molecular weight excluding hydrogens is 397 g/mol. The Kier molecular flexibility index (Phi) is 4.68. The molecule has 1 aliphatic carbocycles. The number of carbonyl (C=O) groups excluding carboxylic acids is 2. The smallest absolute Gasteiger partial charge is 0.245 e. The number of rotatable bonds is 3. The van der Waals surface area contributed by atoms with Gasteiger partial charge in [-0.25, -0.2) is 9.82 Å². The van der Waals surface area contributed by atoms with Crippen molar-refractivity contribution in [2.24, 2.45) is 5.92 Å². The standard InChI is InChI=1S/C20H25ClFN5O2/c1-26(11-2-3-11)20(29)18-12-9-27(5-4-15(12)24-25-18)19(28)17-7-10-6-14(22)13(21)8-16(10)23-17/h6,8,11-12,15,17-18,23-25H,2-5,7,9H2,1H3. The van der Waals surface area contributed by atoms with E-state index in [1.165, 1.54) is 6.07 Å². The third kappa shape index (κ3) is 3.37. The van der Waals surface area contributed by atoms with E-state index < -0.39 is 11.9 Å². The molecule has 1 aromatic carbocycles. The minimum Gasteiger partial charge on any atom is -0.373 e. The fourth-order valence-electron chi connectivity index (χ4n) is 4.83. The van der Waals surface area contributed by atoms with Gasteiger partial charge in [0.1, 0.15) is 17.9 Å². The van der Waals surface area contributed by atoms with Gasteiger partial charge in [-0.05, 0) is 37.0 Å². The van der Waals surface area contributed by atoms with E-state index >= 15 is 0 Å². The molecule has 3 N–H and O–H groups in total. The summed E-state index contributed by atoms with van der Waals surface area (Å²) >= 11 is 5.87. The van der Waals surface area contributed by atoms with Crippen LogP contribution in [0.1, 0.15) is 24.8 Å². The highest BCUT2D eigenvalue weighted by molar-refractivity contribution is 6.31. The molecular formula is C20H25ClFN5O2. The fourth-order valence-corrected chi connectivity index (χ4v) is 4.99. The van der Waals surface area contributed by atoms with Crippen molar-refractivity contribution in [3.8, 4) is 0 Å². The molecule has 3 heterocycles. The lowest BCUT2D eigenvalue weighted by molar-refractivity contribution is -0.137. The van der Waals surface area contributed by atoms with Gasteiger partial charge >= 0.3 is 0 Å². The number of benzene rings is 1. The Bertz CT molecular complexity index is 833. The maximum atomic E-state index is 13.7. The van der Waals surface area contributed by atoms with Crippen LogP contribution in [-0.4, -0.2) is 65.9 Å². The van der Waals surface area contributed by atoms with Crippen LogP contribution in [0.5, 0.6) is 0 Å². The summed E-state index contributed by atoms with van der Waals surface area (Å²) in [6.45, 7) is 1.17. The van der Waals surface area contributed by atoms with Crippen molar-refractivity contribution in [3.05, 3.63) is 28.5 Å². The lowest BCUT2D eigenvalue weighted by Crippen LogP contribution is -2.54. The summed E-state index contributed by atoms with van der Waals surface area (Å²) in [7, 11) is 1.87. The lowest BCUT2D eigenvalue weighted by atomic mass is 9.87. The van der Waals surface area contributed by atoms with Crippen LogP contribution in [0.15, 0.2) is 12.1 Å². The first kappa shape index (κ1) is 19.1. The highest BCUT2D eigenvalue weighted by Gasteiger charge is 2.47. The number of nitrogens with zero attached hydrogens (tertiary/aromatic N) is 2. The first-order valence-corrected chi connectivity index (χ1v) is 10.6. The van der Waals surface area contributed by atoms with Gasteiger partial charge < -0.3 is 15.1 Å². The van der Waals surface area contributed by atoms with E-state index in [1.807, 2.05) is 16.8 Å². The van der Waals surface area contributed by atoms with Gasteiger partial charge in [-0.2, -0.15) is 0 Å². The van der Waals surface area contributed by atoms with Gasteiger partial charge in [0, 0.05) is 50.2 Å². The van der Waals surface area contributed by atoms with Gasteiger partial charge in [0.25, 0.3) is 0 Å². The van der Waals surface area contributed by atoms with E-state index in [1.54, 1.807) is 6.07 Å². The second-order valence-corrected chi connectivity index (χ2v) is 9.02. The van der Waals surface area contributed by atoms with Gasteiger partial charge in [0.05, 0.1) is 5.02 Å². The third-order valence-corrected chi connectivity index (χ3v) is 7.02. The van der Waals surface area contributed by atoms with Gasteiger partial charge in [-0.1, -0.05) is 11.6 Å². The predicted octanol–water partition coefficient (Wildman–Crippen LogP) is 1.13. The second kappa shape index (κ2) is 7.11. The van der Waals surface area contributed by atoms with Crippen molar-refractivity contribution < 1.29 is 14.0 Å². The number of amides is 2. The number of hydrazine groups is 1. The molecule has 3 aliphatic heterocycles. The van der Waals surface area contributed by atoms with Gasteiger partial charge in [0.15, 0.2) is 0 Å². The minimum atomic E-state index is -0.467. The normalized spacial score (nSPS) is 30.5. The van der Waals surface area contributed by atoms with E-state index in [4.69, 9.17) is 11.6 Å². The average molecular weight is 422 g/mol. The van der Waals surface area contributed by atoms with E-state index in [9.17, 15) is 14.0 Å². The molecule has 7 nitrogen and oxygen atoms in total. The number of hydrogen-bond acceptors (Lipinski definition) is 5. The zero-order chi connectivity index (χ0) is 20.3. The number of carbonyl (C=O) groups is 2. The molecule has 0 spiro atoms. The van der Waals surface area contributed by atoms with Crippen LogP contribution in [-0.2, 0) is 16.0 Å². The summed E-state index contributed by atoms with van der Waals surface area (Å²) in [5, 5.41) is 3.24. The lowest BCUT2D eigenvalue weighted by Gasteiger charge is -2.37. The third-order valence-electron chi connectivity index (χ3n) is 6.73. The van der Waals surface area contributed by atoms with Crippen molar-refractivity contribution in [2.75, 3.05) is 25.5 Å². The van der Waals surface area contributed by atoms with E-state index in [2.05, 4.69) is 16.2 Å². The van der Waals surface area contributed by atoms with Crippen molar-refractivity contribution in [3.63, 3.8) is 0 Å². The van der Waals surface area contributed by atoms with Crippen molar-refractivity contribution in [1.82, 2.24) is 20.7 Å².